The van der Waals surface area contributed by atoms with Crippen molar-refractivity contribution in [2.75, 3.05) is 5.32 Å². The molecule has 0 aliphatic carbocycles. The van der Waals surface area contributed by atoms with Crippen LogP contribution >= 0.6 is 0 Å². The van der Waals surface area contributed by atoms with Gasteiger partial charge in [0.05, 0.1) is 5.69 Å². The molecule has 0 saturated heterocycles. The number of amides is 1. The van der Waals surface area contributed by atoms with E-state index < -0.39 is 12.5 Å². The number of halogens is 2. The van der Waals surface area contributed by atoms with Crippen molar-refractivity contribution in [3.8, 4) is 11.5 Å². The normalized spacial score (nSPS) is 10.9. The van der Waals surface area contributed by atoms with E-state index in [1.54, 1.807) is 12.1 Å². The highest BCUT2D eigenvalue weighted by Gasteiger charge is 2.15. The Morgan fingerprint density at radius 3 is 2.53 bits per heavy atom. The predicted molar refractivity (Wildman–Crippen MR) is 108 cm³/mol. The molecular weight excluding hydrogens is 392 g/mol. The predicted octanol–water partition coefficient (Wildman–Crippen LogP) is 5.87. The van der Waals surface area contributed by atoms with Crippen LogP contribution < -0.4 is 14.8 Å². The number of furan rings is 1. The molecule has 152 valence electrons. The fourth-order valence-electron chi connectivity index (χ4n) is 2.94. The Kier molecular flexibility index (Phi) is 5.61. The lowest BCUT2D eigenvalue weighted by Gasteiger charge is -2.10. The van der Waals surface area contributed by atoms with E-state index in [-0.39, 0.29) is 23.8 Å². The number of nitrogens with one attached hydrogen (secondary N) is 1. The first kappa shape index (κ1) is 19.4. The molecule has 0 atom stereocenters. The van der Waals surface area contributed by atoms with E-state index in [1.807, 2.05) is 42.5 Å². The summed E-state index contributed by atoms with van der Waals surface area (Å²) in [4.78, 5) is 12.4. The Hall–Kier alpha value is -3.87. The Morgan fingerprint density at radius 2 is 1.70 bits per heavy atom. The Labute approximate surface area is 170 Å². The van der Waals surface area contributed by atoms with Crippen molar-refractivity contribution in [2.45, 2.75) is 13.2 Å². The van der Waals surface area contributed by atoms with Gasteiger partial charge in [-0.15, -0.1) is 0 Å². The molecule has 4 aromatic rings. The molecule has 1 heterocycles. The minimum Gasteiger partial charge on any atom is -0.486 e. The zero-order chi connectivity index (χ0) is 20.9. The molecule has 1 aromatic heterocycles. The minimum absolute atomic E-state index is 0.0268. The molecule has 30 heavy (non-hydrogen) atoms. The van der Waals surface area contributed by atoms with E-state index in [1.165, 1.54) is 24.3 Å². The lowest BCUT2D eigenvalue weighted by atomic mass is 10.1. The van der Waals surface area contributed by atoms with Crippen molar-refractivity contribution in [2.24, 2.45) is 0 Å². The van der Waals surface area contributed by atoms with Crippen LogP contribution in [0, 0.1) is 0 Å². The lowest BCUT2D eigenvalue weighted by molar-refractivity contribution is -0.0493. The number of fused-ring (bicyclic) bond motifs is 1. The van der Waals surface area contributed by atoms with Crippen molar-refractivity contribution < 1.29 is 27.5 Å². The fourth-order valence-corrected chi connectivity index (χ4v) is 2.94. The Balaban J connectivity index is 1.40. The monoisotopic (exact) mass is 409 g/mol. The average Bonchev–Trinajstić information content (AvgIpc) is 3.22. The van der Waals surface area contributed by atoms with E-state index in [0.29, 0.717) is 11.5 Å². The largest absolute Gasteiger partial charge is 0.486 e. The van der Waals surface area contributed by atoms with Crippen molar-refractivity contribution >= 4 is 22.4 Å². The third-order valence-corrected chi connectivity index (χ3v) is 4.34. The maximum Gasteiger partial charge on any atom is 0.387 e. The van der Waals surface area contributed by atoms with Gasteiger partial charge in [0, 0.05) is 0 Å². The van der Waals surface area contributed by atoms with Gasteiger partial charge in [-0.25, -0.2) is 0 Å². The van der Waals surface area contributed by atoms with Gasteiger partial charge in [0.25, 0.3) is 5.91 Å². The zero-order valence-electron chi connectivity index (χ0n) is 15.7. The van der Waals surface area contributed by atoms with Crippen molar-refractivity contribution in [1.82, 2.24) is 0 Å². The third-order valence-electron chi connectivity index (χ3n) is 4.34. The van der Waals surface area contributed by atoms with Gasteiger partial charge in [-0.2, -0.15) is 8.78 Å². The molecule has 0 bridgehead atoms. The number of hydrogen-bond acceptors (Lipinski definition) is 4. The zero-order valence-corrected chi connectivity index (χ0v) is 15.7. The van der Waals surface area contributed by atoms with E-state index in [9.17, 15) is 13.6 Å². The highest BCUT2D eigenvalue weighted by atomic mass is 19.3. The molecule has 0 radical (unpaired) electrons. The molecule has 0 aliphatic heterocycles. The second-order valence-electron chi connectivity index (χ2n) is 6.39. The van der Waals surface area contributed by atoms with Gasteiger partial charge in [0.1, 0.15) is 23.9 Å². The third kappa shape index (κ3) is 4.57. The maximum atomic E-state index is 12.5. The first-order chi connectivity index (χ1) is 14.6. The molecule has 0 saturated carbocycles. The number of alkyl halides is 2. The molecule has 7 heteroatoms. The van der Waals surface area contributed by atoms with Gasteiger partial charge >= 0.3 is 6.61 Å². The van der Waals surface area contributed by atoms with Crippen LogP contribution in [-0.2, 0) is 6.61 Å². The highest BCUT2D eigenvalue weighted by Crippen LogP contribution is 2.26. The summed E-state index contributed by atoms with van der Waals surface area (Å²) in [7, 11) is 0. The summed E-state index contributed by atoms with van der Waals surface area (Å²) in [5.41, 5.74) is 0.119. The summed E-state index contributed by atoms with van der Waals surface area (Å²) in [6.07, 6.45) is 0. The van der Waals surface area contributed by atoms with Crippen LogP contribution in [0.1, 0.15) is 16.3 Å². The topological polar surface area (TPSA) is 60.7 Å². The number of carbonyl (C=O) groups excluding carboxylic acids is 1. The molecule has 3 aromatic carbocycles. The minimum atomic E-state index is -2.99. The number of ether oxygens (including phenoxy) is 2. The van der Waals surface area contributed by atoms with Gasteiger partial charge < -0.3 is 19.2 Å². The molecule has 0 aliphatic rings. The number of carbonyl (C=O) groups is 1. The van der Waals surface area contributed by atoms with Crippen LogP contribution in [0.15, 0.2) is 83.3 Å². The summed E-state index contributed by atoms with van der Waals surface area (Å²) >= 11 is 0. The lowest BCUT2D eigenvalue weighted by Crippen LogP contribution is -2.13. The van der Waals surface area contributed by atoms with Crippen LogP contribution in [0.4, 0.5) is 14.5 Å². The van der Waals surface area contributed by atoms with Crippen LogP contribution in [-0.4, -0.2) is 12.5 Å². The molecule has 5 nitrogen and oxygen atoms in total. The second-order valence-corrected chi connectivity index (χ2v) is 6.39. The molecule has 0 unspecified atom stereocenters. The molecule has 4 rings (SSSR count). The number of anilines is 1. The molecular formula is C23H17F2NO4. The average molecular weight is 409 g/mol. The van der Waals surface area contributed by atoms with Crippen LogP contribution in [0.25, 0.3) is 10.8 Å². The summed E-state index contributed by atoms with van der Waals surface area (Å²) < 4.78 is 40.7. The van der Waals surface area contributed by atoms with Crippen molar-refractivity contribution in [3.63, 3.8) is 0 Å². The van der Waals surface area contributed by atoms with Crippen LogP contribution in [0.3, 0.4) is 0 Å². The number of benzene rings is 3. The SMILES string of the molecule is O=C(Nc1ccccc1OC(F)F)c1ccc(COc2ccc3ccccc3c2)o1. The summed E-state index contributed by atoms with van der Waals surface area (Å²) in [6, 6.07) is 22.7. The smallest absolute Gasteiger partial charge is 0.387 e. The summed E-state index contributed by atoms with van der Waals surface area (Å²) in [5, 5.41) is 4.67. The molecule has 0 fully saturated rings. The summed E-state index contributed by atoms with van der Waals surface area (Å²) in [5.74, 6) is 0.433. The number of para-hydroxylation sites is 2. The van der Waals surface area contributed by atoms with Gasteiger partial charge in [-0.3, -0.25) is 4.79 Å². The quantitative estimate of drug-likeness (QED) is 0.415. The maximum absolute atomic E-state index is 12.5. The summed E-state index contributed by atoms with van der Waals surface area (Å²) in [6.45, 7) is -2.86. The van der Waals surface area contributed by atoms with E-state index in [2.05, 4.69) is 10.1 Å². The Morgan fingerprint density at radius 1 is 0.933 bits per heavy atom. The van der Waals surface area contributed by atoms with E-state index in [4.69, 9.17) is 9.15 Å². The fraction of sp³-hybridized carbons (Fsp3) is 0.0870. The standard InChI is InChI=1S/C23H17F2NO4/c24-23(25)30-20-8-4-3-7-19(20)26-22(27)21-12-11-18(29-21)14-28-17-10-9-15-5-1-2-6-16(15)13-17/h1-13,23H,14H2,(H,26,27). The number of hydrogen-bond donors (Lipinski definition) is 1. The first-order valence-corrected chi connectivity index (χ1v) is 9.14. The van der Waals surface area contributed by atoms with Gasteiger partial charge in [-0.05, 0) is 47.2 Å². The van der Waals surface area contributed by atoms with Crippen molar-refractivity contribution in [1.29, 1.82) is 0 Å². The van der Waals surface area contributed by atoms with Crippen LogP contribution in [0.2, 0.25) is 0 Å². The van der Waals surface area contributed by atoms with Gasteiger partial charge in [0.2, 0.25) is 0 Å². The molecule has 1 amide bonds. The number of rotatable bonds is 7. The van der Waals surface area contributed by atoms with Gasteiger partial charge in [-0.1, -0.05) is 42.5 Å². The van der Waals surface area contributed by atoms with Crippen molar-refractivity contribution in [3.05, 3.63) is 90.4 Å². The highest BCUT2D eigenvalue weighted by molar-refractivity contribution is 6.03. The van der Waals surface area contributed by atoms with E-state index in [0.717, 1.165) is 10.8 Å². The Bertz CT molecular complexity index is 1170. The van der Waals surface area contributed by atoms with E-state index >= 15 is 0 Å². The molecule has 0 spiro atoms. The second kappa shape index (κ2) is 8.65. The van der Waals surface area contributed by atoms with Crippen LogP contribution in [0.5, 0.6) is 11.5 Å². The van der Waals surface area contributed by atoms with Gasteiger partial charge in [0.15, 0.2) is 5.76 Å². The molecule has 1 N–H and O–H groups in total. The first-order valence-electron chi connectivity index (χ1n) is 9.14.